The van der Waals surface area contributed by atoms with Crippen molar-refractivity contribution in [3.05, 3.63) is 59.1 Å². The van der Waals surface area contributed by atoms with Crippen molar-refractivity contribution < 1.29 is 4.79 Å². The monoisotopic (exact) mass is 300 g/mol. The van der Waals surface area contributed by atoms with Crippen LogP contribution in [0, 0.1) is 5.92 Å². The fourth-order valence-electron chi connectivity index (χ4n) is 2.55. The number of halogens is 1. The Hall–Kier alpha value is -2.00. The van der Waals surface area contributed by atoms with E-state index in [1.54, 1.807) is 0 Å². The second-order valence-electron chi connectivity index (χ2n) is 5.31. The maximum Gasteiger partial charge on any atom is 0.231 e. The van der Waals surface area contributed by atoms with Crippen LogP contribution in [0.15, 0.2) is 48.5 Å². The average molecular weight is 301 g/mol. The summed E-state index contributed by atoms with van der Waals surface area (Å²) in [6.45, 7) is 3.08. The third-order valence-electron chi connectivity index (χ3n) is 3.77. The lowest BCUT2D eigenvalue weighted by Gasteiger charge is -2.24. The maximum atomic E-state index is 12.7. The van der Waals surface area contributed by atoms with Crippen LogP contribution in [-0.2, 0) is 11.3 Å². The Morgan fingerprint density at radius 1 is 1.19 bits per heavy atom. The van der Waals surface area contributed by atoms with Gasteiger partial charge in [-0.25, -0.2) is 0 Å². The van der Waals surface area contributed by atoms with E-state index in [9.17, 15) is 4.79 Å². The first-order valence-electron chi connectivity index (χ1n) is 7.04. The predicted octanol–water partition coefficient (Wildman–Crippen LogP) is 3.93. The highest BCUT2D eigenvalue weighted by molar-refractivity contribution is 6.31. The number of benzene rings is 2. The lowest BCUT2D eigenvalue weighted by molar-refractivity contribution is -0.121. The quantitative estimate of drug-likeness (QED) is 0.911. The standard InChI is InChI=1S/C17H17ClN2O/c1-12-10-19-15-8-4-5-9-16(15)20(17(12)21)11-13-6-2-3-7-14(13)18/h2-9,12,19H,10-11H2,1H3. The number of carbonyl (C=O) groups is 1. The minimum Gasteiger partial charge on any atom is -0.383 e. The molecular weight excluding hydrogens is 284 g/mol. The third-order valence-corrected chi connectivity index (χ3v) is 4.14. The summed E-state index contributed by atoms with van der Waals surface area (Å²) in [5.41, 5.74) is 2.85. The number of anilines is 2. The van der Waals surface area contributed by atoms with E-state index in [1.807, 2.05) is 60.4 Å². The van der Waals surface area contributed by atoms with E-state index in [2.05, 4.69) is 5.32 Å². The van der Waals surface area contributed by atoms with E-state index < -0.39 is 0 Å². The molecule has 0 saturated heterocycles. The van der Waals surface area contributed by atoms with E-state index >= 15 is 0 Å². The normalized spacial score (nSPS) is 17.9. The molecule has 2 aromatic carbocycles. The summed E-state index contributed by atoms with van der Waals surface area (Å²) in [6.07, 6.45) is 0. The molecule has 1 amide bonds. The van der Waals surface area contributed by atoms with Gasteiger partial charge in [0.2, 0.25) is 5.91 Å². The zero-order chi connectivity index (χ0) is 14.8. The SMILES string of the molecule is CC1CNc2ccccc2N(Cc2ccccc2Cl)C1=O. The van der Waals surface area contributed by atoms with E-state index in [-0.39, 0.29) is 11.8 Å². The zero-order valence-corrected chi connectivity index (χ0v) is 12.6. The second-order valence-corrected chi connectivity index (χ2v) is 5.72. The van der Waals surface area contributed by atoms with Crippen molar-refractivity contribution in [3.63, 3.8) is 0 Å². The van der Waals surface area contributed by atoms with Gasteiger partial charge in [-0.2, -0.15) is 0 Å². The Balaban J connectivity index is 2.01. The largest absolute Gasteiger partial charge is 0.383 e. The first-order valence-corrected chi connectivity index (χ1v) is 7.42. The van der Waals surface area contributed by atoms with Gasteiger partial charge in [-0.15, -0.1) is 0 Å². The van der Waals surface area contributed by atoms with Gasteiger partial charge in [0.1, 0.15) is 0 Å². The summed E-state index contributed by atoms with van der Waals surface area (Å²) < 4.78 is 0. The number of hydrogen-bond donors (Lipinski definition) is 1. The van der Waals surface area contributed by atoms with Gasteiger partial charge in [0, 0.05) is 11.6 Å². The highest BCUT2D eigenvalue weighted by Crippen LogP contribution is 2.32. The molecular formula is C17H17ClN2O. The molecule has 2 aromatic rings. The summed E-state index contributed by atoms with van der Waals surface area (Å²) in [5, 5.41) is 4.03. The average Bonchev–Trinajstić information content (AvgIpc) is 2.62. The van der Waals surface area contributed by atoms with Gasteiger partial charge in [-0.05, 0) is 23.8 Å². The minimum atomic E-state index is -0.0695. The van der Waals surface area contributed by atoms with Crippen LogP contribution in [0.5, 0.6) is 0 Å². The Bertz CT molecular complexity index is 671. The van der Waals surface area contributed by atoms with E-state index in [0.29, 0.717) is 18.1 Å². The molecule has 1 N–H and O–H groups in total. The Kier molecular flexibility index (Phi) is 3.84. The van der Waals surface area contributed by atoms with Crippen molar-refractivity contribution >= 4 is 28.9 Å². The molecule has 108 valence electrons. The summed E-state index contributed by atoms with van der Waals surface area (Å²) in [7, 11) is 0. The van der Waals surface area contributed by atoms with Gasteiger partial charge in [-0.3, -0.25) is 4.79 Å². The van der Waals surface area contributed by atoms with Crippen LogP contribution < -0.4 is 10.2 Å². The lowest BCUT2D eigenvalue weighted by Crippen LogP contribution is -2.35. The molecule has 3 nitrogen and oxygen atoms in total. The van der Waals surface area contributed by atoms with Crippen LogP contribution in [0.1, 0.15) is 12.5 Å². The molecule has 1 atom stereocenters. The van der Waals surface area contributed by atoms with E-state index in [1.165, 1.54) is 0 Å². The Morgan fingerprint density at radius 3 is 2.71 bits per heavy atom. The molecule has 4 heteroatoms. The van der Waals surface area contributed by atoms with Gasteiger partial charge < -0.3 is 10.2 Å². The van der Waals surface area contributed by atoms with Crippen LogP contribution in [0.4, 0.5) is 11.4 Å². The summed E-state index contributed by atoms with van der Waals surface area (Å²) >= 11 is 6.24. The van der Waals surface area contributed by atoms with E-state index in [0.717, 1.165) is 16.9 Å². The molecule has 0 fully saturated rings. The zero-order valence-electron chi connectivity index (χ0n) is 11.8. The summed E-state index contributed by atoms with van der Waals surface area (Å²) in [5.74, 6) is 0.0484. The predicted molar refractivity (Wildman–Crippen MR) is 86.7 cm³/mol. The van der Waals surface area contributed by atoms with Crippen molar-refractivity contribution in [1.82, 2.24) is 0 Å². The Labute approximate surface area is 129 Å². The number of para-hydroxylation sites is 2. The first-order chi connectivity index (χ1) is 10.2. The molecule has 1 aliphatic heterocycles. The highest BCUT2D eigenvalue weighted by atomic mass is 35.5. The van der Waals surface area contributed by atoms with Crippen LogP contribution in [-0.4, -0.2) is 12.5 Å². The van der Waals surface area contributed by atoms with Gasteiger partial charge in [0.15, 0.2) is 0 Å². The molecule has 0 spiro atoms. The molecule has 0 radical (unpaired) electrons. The molecule has 0 bridgehead atoms. The van der Waals surface area contributed by atoms with Crippen LogP contribution in [0.25, 0.3) is 0 Å². The summed E-state index contributed by atoms with van der Waals surface area (Å²) in [4.78, 5) is 14.5. The second kappa shape index (κ2) is 5.78. The number of hydrogen-bond acceptors (Lipinski definition) is 2. The lowest BCUT2D eigenvalue weighted by atomic mass is 10.1. The smallest absolute Gasteiger partial charge is 0.231 e. The number of rotatable bonds is 2. The van der Waals surface area contributed by atoms with Crippen molar-refractivity contribution in [2.24, 2.45) is 5.92 Å². The van der Waals surface area contributed by atoms with Crippen LogP contribution >= 0.6 is 11.6 Å². The fourth-order valence-corrected chi connectivity index (χ4v) is 2.75. The van der Waals surface area contributed by atoms with Gasteiger partial charge in [-0.1, -0.05) is 48.9 Å². The van der Waals surface area contributed by atoms with Gasteiger partial charge >= 0.3 is 0 Å². The van der Waals surface area contributed by atoms with Crippen molar-refractivity contribution in [2.75, 3.05) is 16.8 Å². The number of fused-ring (bicyclic) bond motifs is 1. The van der Waals surface area contributed by atoms with E-state index in [4.69, 9.17) is 11.6 Å². The molecule has 21 heavy (non-hydrogen) atoms. The topological polar surface area (TPSA) is 32.3 Å². The highest BCUT2D eigenvalue weighted by Gasteiger charge is 2.27. The molecule has 1 unspecified atom stereocenters. The van der Waals surface area contributed by atoms with Crippen molar-refractivity contribution in [1.29, 1.82) is 0 Å². The number of amides is 1. The minimum absolute atomic E-state index is 0.0695. The van der Waals surface area contributed by atoms with Crippen molar-refractivity contribution in [2.45, 2.75) is 13.5 Å². The van der Waals surface area contributed by atoms with Crippen molar-refractivity contribution in [3.8, 4) is 0 Å². The molecule has 0 aromatic heterocycles. The molecule has 3 rings (SSSR count). The summed E-state index contributed by atoms with van der Waals surface area (Å²) in [6, 6.07) is 15.5. The van der Waals surface area contributed by atoms with Crippen LogP contribution in [0.2, 0.25) is 5.02 Å². The van der Waals surface area contributed by atoms with Gasteiger partial charge in [0.25, 0.3) is 0 Å². The number of carbonyl (C=O) groups excluding carboxylic acids is 1. The Morgan fingerprint density at radius 2 is 1.90 bits per heavy atom. The third kappa shape index (κ3) is 2.74. The number of nitrogens with zero attached hydrogens (tertiary/aromatic N) is 1. The maximum absolute atomic E-state index is 12.7. The first kappa shape index (κ1) is 14.0. The fraction of sp³-hybridized carbons (Fsp3) is 0.235. The van der Waals surface area contributed by atoms with Crippen LogP contribution in [0.3, 0.4) is 0 Å². The molecule has 0 saturated carbocycles. The molecule has 1 aliphatic rings. The van der Waals surface area contributed by atoms with Gasteiger partial charge in [0.05, 0.1) is 23.8 Å². The number of nitrogens with one attached hydrogen (secondary N) is 1. The molecule has 0 aliphatic carbocycles. The molecule has 1 heterocycles.